The summed E-state index contributed by atoms with van der Waals surface area (Å²) in [5, 5.41) is 3.14. The minimum atomic E-state index is -0.145. The zero-order valence-electron chi connectivity index (χ0n) is 10.4. The van der Waals surface area contributed by atoms with Crippen molar-refractivity contribution in [3.8, 4) is 0 Å². The minimum Gasteiger partial charge on any atom is -0.383 e. The molecule has 0 aliphatic rings. The van der Waals surface area contributed by atoms with Gasteiger partial charge in [0.25, 0.3) is 0 Å². The Morgan fingerprint density at radius 3 is 2.56 bits per heavy atom. The monoisotopic (exact) mass is 223 g/mol. The molecule has 0 aliphatic carbocycles. The van der Waals surface area contributed by atoms with E-state index in [-0.39, 0.29) is 5.82 Å². The van der Waals surface area contributed by atoms with Crippen LogP contribution in [-0.4, -0.2) is 6.54 Å². The molecule has 0 amide bonds. The summed E-state index contributed by atoms with van der Waals surface area (Å²) < 4.78 is 13.4. The second-order valence-electron chi connectivity index (χ2n) is 4.32. The van der Waals surface area contributed by atoms with Gasteiger partial charge in [-0.3, -0.25) is 0 Å². The fraction of sp³-hybridized carbons (Fsp3) is 0.571. The lowest BCUT2D eigenvalue weighted by molar-refractivity contribution is 0.623. The van der Waals surface area contributed by atoms with Crippen molar-refractivity contribution in [3.05, 3.63) is 29.6 Å². The summed E-state index contributed by atoms with van der Waals surface area (Å²) in [6.07, 6.45) is 6.20. The van der Waals surface area contributed by atoms with Gasteiger partial charge in [0, 0.05) is 6.54 Å². The number of halogens is 1. The molecule has 1 aromatic carbocycles. The molecule has 0 aliphatic heterocycles. The average molecular weight is 223 g/mol. The van der Waals surface area contributed by atoms with Crippen LogP contribution in [0.25, 0.3) is 0 Å². The Bertz CT molecular complexity index is 310. The van der Waals surface area contributed by atoms with E-state index < -0.39 is 0 Å². The number of hydrogen-bond donors (Lipinski definition) is 1. The standard InChI is InChI=1S/C14H22FN/c1-3-4-5-6-7-10-16-14-9-8-12(2)11-13(14)15/h8-9,11,16H,3-7,10H2,1-2H3. The highest BCUT2D eigenvalue weighted by molar-refractivity contribution is 5.45. The van der Waals surface area contributed by atoms with Gasteiger partial charge in [-0.05, 0) is 31.0 Å². The maximum atomic E-state index is 13.4. The molecular formula is C14H22FN. The van der Waals surface area contributed by atoms with Gasteiger partial charge in [-0.1, -0.05) is 38.7 Å². The topological polar surface area (TPSA) is 12.0 Å². The van der Waals surface area contributed by atoms with Gasteiger partial charge >= 0.3 is 0 Å². The van der Waals surface area contributed by atoms with Crippen molar-refractivity contribution in [2.24, 2.45) is 0 Å². The Kier molecular flexibility index (Phi) is 5.91. The van der Waals surface area contributed by atoms with Gasteiger partial charge in [-0.15, -0.1) is 0 Å². The summed E-state index contributed by atoms with van der Waals surface area (Å²) in [4.78, 5) is 0. The fourth-order valence-corrected chi connectivity index (χ4v) is 1.72. The van der Waals surface area contributed by atoms with Crippen LogP contribution in [0.3, 0.4) is 0 Å². The van der Waals surface area contributed by atoms with E-state index in [1.165, 1.54) is 25.7 Å². The Hall–Kier alpha value is -1.05. The quantitative estimate of drug-likeness (QED) is 0.670. The third-order valence-electron chi connectivity index (χ3n) is 2.72. The molecule has 1 aromatic rings. The third-order valence-corrected chi connectivity index (χ3v) is 2.72. The highest BCUT2D eigenvalue weighted by Crippen LogP contribution is 2.15. The van der Waals surface area contributed by atoms with Gasteiger partial charge in [0.1, 0.15) is 5.82 Å². The molecular weight excluding hydrogens is 201 g/mol. The van der Waals surface area contributed by atoms with Gasteiger partial charge in [0.05, 0.1) is 5.69 Å². The fourth-order valence-electron chi connectivity index (χ4n) is 1.72. The summed E-state index contributed by atoms with van der Waals surface area (Å²) >= 11 is 0. The molecule has 16 heavy (non-hydrogen) atoms. The largest absolute Gasteiger partial charge is 0.383 e. The Balaban J connectivity index is 2.21. The maximum Gasteiger partial charge on any atom is 0.146 e. The maximum absolute atomic E-state index is 13.4. The lowest BCUT2D eigenvalue weighted by Gasteiger charge is -2.07. The summed E-state index contributed by atoms with van der Waals surface area (Å²) in [5.74, 6) is -0.145. The van der Waals surface area contributed by atoms with Crippen LogP contribution in [0.5, 0.6) is 0 Å². The number of anilines is 1. The van der Waals surface area contributed by atoms with Crippen molar-refractivity contribution in [1.29, 1.82) is 0 Å². The molecule has 0 saturated heterocycles. The Morgan fingerprint density at radius 2 is 1.88 bits per heavy atom. The minimum absolute atomic E-state index is 0.145. The molecule has 0 unspecified atom stereocenters. The third kappa shape index (κ3) is 4.65. The van der Waals surface area contributed by atoms with Crippen LogP contribution >= 0.6 is 0 Å². The van der Waals surface area contributed by atoms with Crippen molar-refractivity contribution in [2.75, 3.05) is 11.9 Å². The zero-order chi connectivity index (χ0) is 11.8. The summed E-state index contributed by atoms with van der Waals surface area (Å²) in [6, 6.07) is 5.32. The van der Waals surface area contributed by atoms with E-state index in [2.05, 4.69) is 12.2 Å². The lowest BCUT2D eigenvalue weighted by Crippen LogP contribution is -2.03. The van der Waals surface area contributed by atoms with E-state index in [0.29, 0.717) is 5.69 Å². The summed E-state index contributed by atoms with van der Waals surface area (Å²) in [7, 11) is 0. The zero-order valence-corrected chi connectivity index (χ0v) is 10.4. The molecule has 0 bridgehead atoms. The molecule has 0 atom stereocenters. The molecule has 1 nitrogen and oxygen atoms in total. The predicted molar refractivity (Wildman–Crippen MR) is 68.4 cm³/mol. The van der Waals surface area contributed by atoms with E-state index in [0.717, 1.165) is 18.5 Å². The van der Waals surface area contributed by atoms with Crippen molar-refractivity contribution in [3.63, 3.8) is 0 Å². The lowest BCUT2D eigenvalue weighted by atomic mass is 10.1. The Morgan fingerprint density at radius 1 is 1.12 bits per heavy atom. The normalized spacial score (nSPS) is 10.4. The SMILES string of the molecule is CCCCCCCNc1ccc(C)cc1F. The first-order valence-electron chi connectivity index (χ1n) is 6.24. The predicted octanol–water partition coefficient (Wildman–Crippen LogP) is 4.52. The average Bonchev–Trinajstić information content (AvgIpc) is 2.26. The van der Waals surface area contributed by atoms with Gasteiger partial charge in [0.15, 0.2) is 0 Å². The second kappa shape index (κ2) is 7.26. The number of hydrogen-bond acceptors (Lipinski definition) is 1. The highest BCUT2D eigenvalue weighted by Gasteiger charge is 2.00. The van der Waals surface area contributed by atoms with Crippen LogP contribution in [0.2, 0.25) is 0 Å². The summed E-state index contributed by atoms with van der Waals surface area (Å²) in [5.41, 5.74) is 1.59. The first-order chi connectivity index (χ1) is 7.74. The number of nitrogens with one attached hydrogen (secondary N) is 1. The smallest absolute Gasteiger partial charge is 0.146 e. The molecule has 1 rings (SSSR count). The first-order valence-corrected chi connectivity index (χ1v) is 6.24. The van der Waals surface area contributed by atoms with Crippen molar-refractivity contribution < 1.29 is 4.39 Å². The second-order valence-corrected chi connectivity index (χ2v) is 4.32. The van der Waals surface area contributed by atoms with E-state index in [1.54, 1.807) is 6.07 Å². The molecule has 0 saturated carbocycles. The van der Waals surface area contributed by atoms with Crippen LogP contribution in [0.15, 0.2) is 18.2 Å². The summed E-state index contributed by atoms with van der Waals surface area (Å²) in [6.45, 7) is 4.97. The van der Waals surface area contributed by atoms with E-state index in [1.807, 2.05) is 19.1 Å². The van der Waals surface area contributed by atoms with E-state index >= 15 is 0 Å². The molecule has 2 heteroatoms. The van der Waals surface area contributed by atoms with Crippen LogP contribution in [-0.2, 0) is 0 Å². The molecule has 0 heterocycles. The van der Waals surface area contributed by atoms with Crippen molar-refractivity contribution >= 4 is 5.69 Å². The molecule has 0 fully saturated rings. The number of unbranched alkanes of at least 4 members (excludes halogenated alkanes) is 4. The van der Waals surface area contributed by atoms with Gasteiger partial charge in [0.2, 0.25) is 0 Å². The molecule has 0 aromatic heterocycles. The van der Waals surface area contributed by atoms with Crippen molar-refractivity contribution in [1.82, 2.24) is 0 Å². The molecule has 0 radical (unpaired) electrons. The van der Waals surface area contributed by atoms with Crippen LogP contribution in [0.1, 0.15) is 44.6 Å². The van der Waals surface area contributed by atoms with E-state index in [4.69, 9.17) is 0 Å². The van der Waals surface area contributed by atoms with Crippen molar-refractivity contribution in [2.45, 2.75) is 46.0 Å². The van der Waals surface area contributed by atoms with Crippen LogP contribution in [0, 0.1) is 12.7 Å². The Labute approximate surface area is 98.1 Å². The number of rotatable bonds is 7. The van der Waals surface area contributed by atoms with E-state index in [9.17, 15) is 4.39 Å². The van der Waals surface area contributed by atoms with Gasteiger partial charge < -0.3 is 5.32 Å². The molecule has 1 N–H and O–H groups in total. The van der Waals surface area contributed by atoms with Crippen LogP contribution in [0.4, 0.5) is 10.1 Å². The number of benzene rings is 1. The van der Waals surface area contributed by atoms with Gasteiger partial charge in [-0.2, -0.15) is 0 Å². The van der Waals surface area contributed by atoms with Crippen LogP contribution < -0.4 is 5.32 Å². The molecule has 0 spiro atoms. The van der Waals surface area contributed by atoms with Gasteiger partial charge in [-0.25, -0.2) is 4.39 Å². The highest BCUT2D eigenvalue weighted by atomic mass is 19.1. The number of aryl methyl sites for hydroxylation is 1. The first kappa shape index (κ1) is 13.0. The molecule has 90 valence electrons.